The average molecular weight is 194 g/mol. The van der Waals surface area contributed by atoms with Gasteiger partial charge in [0.1, 0.15) is 5.78 Å². The topological polar surface area (TPSA) is 17.1 Å². The molecule has 14 heavy (non-hydrogen) atoms. The molecule has 0 amide bonds. The molecule has 0 bridgehead atoms. The molecule has 0 saturated heterocycles. The van der Waals surface area contributed by atoms with Crippen molar-refractivity contribution in [3.05, 3.63) is 12.2 Å². The molecule has 1 atom stereocenters. The molecule has 1 fully saturated rings. The third-order valence-electron chi connectivity index (χ3n) is 4.16. The molecular formula is C13H22O. The van der Waals surface area contributed by atoms with Crippen LogP contribution in [0.3, 0.4) is 0 Å². The van der Waals surface area contributed by atoms with Crippen LogP contribution >= 0.6 is 0 Å². The van der Waals surface area contributed by atoms with Crippen LogP contribution in [0.1, 0.15) is 53.4 Å². The summed E-state index contributed by atoms with van der Waals surface area (Å²) in [6.07, 6.45) is 4.17. The van der Waals surface area contributed by atoms with Gasteiger partial charge in [0.2, 0.25) is 0 Å². The van der Waals surface area contributed by atoms with Crippen LogP contribution in [-0.4, -0.2) is 5.78 Å². The van der Waals surface area contributed by atoms with Gasteiger partial charge in [-0.15, -0.1) is 0 Å². The van der Waals surface area contributed by atoms with Crippen LogP contribution in [0.5, 0.6) is 0 Å². The van der Waals surface area contributed by atoms with Crippen molar-refractivity contribution in [3.8, 4) is 0 Å². The van der Waals surface area contributed by atoms with Gasteiger partial charge < -0.3 is 0 Å². The lowest BCUT2D eigenvalue weighted by molar-refractivity contribution is -0.120. The van der Waals surface area contributed by atoms with Crippen LogP contribution in [0, 0.1) is 10.8 Å². The van der Waals surface area contributed by atoms with Crippen molar-refractivity contribution in [2.75, 3.05) is 0 Å². The third kappa shape index (κ3) is 1.77. The molecule has 1 aliphatic rings. The number of hydrogen-bond donors (Lipinski definition) is 0. The SMILES string of the molecule is C=C1CCCC(C)(C)C1(C)CC(C)=O. The van der Waals surface area contributed by atoms with E-state index in [2.05, 4.69) is 27.4 Å². The fraction of sp³-hybridized carbons (Fsp3) is 0.769. The van der Waals surface area contributed by atoms with Gasteiger partial charge in [-0.05, 0) is 31.6 Å². The Morgan fingerprint density at radius 3 is 2.43 bits per heavy atom. The summed E-state index contributed by atoms with van der Waals surface area (Å²) in [5.74, 6) is 0.281. The molecule has 1 heteroatoms. The van der Waals surface area contributed by atoms with E-state index in [0.29, 0.717) is 6.42 Å². The quantitative estimate of drug-likeness (QED) is 0.612. The lowest BCUT2D eigenvalue weighted by Crippen LogP contribution is -2.41. The van der Waals surface area contributed by atoms with Gasteiger partial charge in [0, 0.05) is 11.8 Å². The zero-order chi connectivity index (χ0) is 11.0. The normalized spacial score (nSPS) is 31.6. The summed E-state index contributed by atoms with van der Waals surface area (Å²) >= 11 is 0. The Bertz CT molecular complexity index is 262. The minimum atomic E-state index is 0.0110. The van der Waals surface area contributed by atoms with Crippen LogP contribution in [0.15, 0.2) is 12.2 Å². The first kappa shape index (κ1) is 11.5. The fourth-order valence-corrected chi connectivity index (χ4v) is 2.64. The minimum absolute atomic E-state index is 0.0110. The van der Waals surface area contributed by atoms with Crippen molar-refractivity contribution in [2.24, 2.45) is 10.8 Å². The number of ketones is 1. The lowest BCUT2D eigenvalue weighted by atomic mass is 9.55. The molecular weight excluding hydrogens is 172 g/mol. The largest absolute Gasteiger partial charge is 0.300 e. The summed E-state index contributed by atoms with van der Waals surface area (Å²) in [6.45, 7) is 12.6. The Morgan fingerprint density at radius 1 is 1.43 bits per heavy atom. The number of rotatable bonds is 2. The molecule has 0 radical (unpaired) electrons. The van der Waals surface area contributed by atoms with E-state index in [9.17, 15) is 4.79 Å². The number of allylic oxidation sites excluding steroid dienone is 1. The van der Waals surface area contributed by atoms with Crippen LogP contribution in [0.25, 0.3) is 0 Å². The van der Waals surface area contributed by atoms with Gasteiger partial charge in [0.15, 0.2) is 0 Å². The van der Waals surface area contributed by atoms with Crippen LogP contribution in [0.2, 0.25) is 0 Å². The summed E-state index contributed by atoms with van der Waals surface area (Å²) in [7, 11) is 0. The van der Waals surface area contributed by atoms with Gasteiger partial charge in [0.05, 0.1) is 0 Å². The Kier molecular flexibility index (Phi) is 2.89. The Hall–Kier alpha value is -0.590. The molecule has 0 heterocycles. The second kappa shape index (κ2) is 3.52. The molecule has 0 N–H and O–H groups in total. The van der Waals surface area contributed by atoms with Crippen molar-refractivity contribution in [1.29, 1.82) is 0 Å². The lowest BCUT2D eigenvalue weighted by Gasteiger charge is -2.49. The summed E-state index contributed by atoms with van der Waals surface area (Å²) < 4.78 is 0. The molecule has 1 nitrogen and oxygen atoms in total. The van der Waals surface area contributed by atoms with E-state index in [0.717, 1.165) is 6.42 Å². The molecule has 0 aromatic carbocycles. The van der Waals surface area contributed by atoms with E-state index < -0.39 is 0 Å². The van der Waals surface area contributed by atoms with E-state index >= 15 is 0 Å². The monoisotopic (exact) mass is 194 g/mol. The predicted octanol–water partition coefficient (Wildman–Crippen LogP) is 3.74. The molecule has 0 spiro atoms. The van der Waals surface area contributed by atoms with Crippen molar-refractivity contribution >= 4 is 5.78 Å². The van der Waals surface area contributed by atoms with Crippen molar-refractivity contribution in [3.63, 3.8) is 0 Å². The highest BCUT2D eigenvalue weighted by atomic mass is 16.1. The number of Topliss-reactive ketones (excluding diaryl/α,β-unsaturated/α-hetero) is 1. The Morgan fingerprint density at radius 2 is 2.00 bits per heavy atom. The van der Waals surface area contributed by atoms with Crippen molar-refractivity contribution in [2.45, 2.75) is 53.4 Å². The summed E-state index contributed by atoms with van der Waals surface area (Å²) in [4.78, 5) is 11.3. The summed E-state index contributed by atoms with van der Waals surface area (Å²) in [5.41, 5.74) is 1.49. The van der Waals surface area contributed by atoms with Crippen LogP contribution in [0.4, 0.5) is 0 Å². The van der Waals surface area contributed by atoms with Crippen LogP contribution < -0.4 is 0 Å². The molecule has 0 aromatic rings. The van der Waals surface area contributed by atoms with Gasteiger partial charge in [-0.2, -0.15) is 0 Å². The second-order valence-electron chi connectivity index (χ2n) is 5.55. The molecule has 1 saturated carbocycles. The fourth-order valence-electron chi connectivity index (χ4n) is 2.64. The highest BCUT2D eigenvalue weighted by Gasteiger charge is 2.45. The maximum absolute atomic E-state index is 11.3. The highest BCUT2D eigenvalue weighted by molar-refractivity contribution is 5.77. The number of hydrogen-bond acceptors (Lipinski definition) is 1. The van der Waals surface area contributed by atoms with Gasteiger partial charge >= 0.3 is 0 Å². The van der Waals surface area contributed by atoms with Gasteiger partial charge in [-0.3, -0.25) is 4.79 Å². The minimum Gasteiger partial charge on any atom is -0.300 e. The van der Waals surface area contributed by atoms with E-state index in [1.54, 1.807) is 6.92 Å². The smallest absolute Gasteiger partial charge is 0.130 e. The maximum atomic E-state index is 11.3. The highest BCUT2D eigenvalue weighted by Crippen LogP contribution is 2.54. The third-order valence-corrected chi connectivity index (χ3v) is 4.16. The molecule has 1 aliphatic carbocycles. The Balaban J connectivity index is 2.98. The Labute approximate surface area is 87.6 Å². The molecule has 1 unspecified atom stereocenters. The average Bonchev–Trinajstić information content (AvgIpc) is 1.99. The van der Waals surface area contributed by atoms with Crippen LogP contribution in [-0.2, 0) is 4.79 Å². The maximum Gasteiger partial charge on any atom is 0.130 e. The van der Waals surface area contributed by atoms with E-state index in [1.165, 1.54) is 18.4 Å². The van der Waals surface area contributed by atoms with Crippen molar-refractivity contribution < 1.29 is 4.79 Å². The number of carbonyl (C=O) groups is 1. The van der Waals surface area contributed by atoms with E-state index in [4.69, 9.17) is 0 Å². The zero-order valence-electron chi connectivity index (χ0n) is 9.94. The first-order valence-electron chi connectivity index (χ1n) is 5.47. The summed E-state index contributed by atoms with van der Waals surface area (Å²) in [5, 5.41) is 0. The van der Waals surface area contributed by atoms with Gasteiger partial charge in [-0.1, -0.05) is 32.9 Å². The standard InChI is InChI=1S/C13H22O/c1-10-7-6-8-12(3,4)13(10,5)9-11(2)14/h1,6-9H2,2-5H3. The van der Waals surface area contributed by atoms with Gasteiger partial charge in [-0.25, -0.2) is 0 Å². The predicted molar refractivity (Wildman–Crippen MR) is 60.2 cm³/mol. The molecule has 0 aromatic heterocycles. The molecule has 1 rings (SSSR count). The molecule has 80 valence electrons. The molecule has 0 aliphatic heterocycles. The first-order chi connectivity index (χ1) is 6.29. The zero-order valence-corrected chi connectivity index (χ0v) is 9.94. The van der Waals surface area contributed by atoms with E-state index in [1.807, 2.05) is 0 Å². The van der Waals surface area contributed by atoms with Gasteiger partial charge in [0.25, 0.3) is 0 Å². The van der Waals surface area contributed by atoms with E-state index in [-0.39, 0.29) is 16.6 Å². The first-order valence-corrected chi connectivity index (χ1v) is 5.47. The second-order valence-corrected chi connectivity index (χ2v) is 5.55. The summed E-state index contributed by atoms with van der Waals surface area (Å²) in [6, 6.07) is 0. The number of carbonyl (C=O) groups excluding carboxylic acids is 1. The van der Waals surface area contributed by atoms with Crippen molar-refractivity contribution in [1.82, 2.24) is 0 Å².